The first-order chi connectivity index (χ1) is 11.3. The Kier molecular flexibility index (Phi) is 3.61. The zero-order chi connectivity index (χ0) is 15.6. The molecule has 1 N–H and O–H groups in total. The van der Waals surface area contributed by atoms with Gasteiger partial charge in [0.2, 0.25) is 0 Å². The van der Waals surface area contributed by atoms with Crippen molar-refractivity contribution in [3.63, 3.8) is 0 Å². The van der Waals surface area contributed by atoms with Gasteiger partial charge in [-0.1, -0.05) is 18.6 Å². The molecule has 1 atom stereocenters. The molecule has 5 heteroatoms. The Labute approximate surface area is 133 Å². The number of halogens is 1. The van der Waals surface area contributed by atoms with E-state index < -0.39 is 0 Å². The summed E-state index contributed by atoms with van der Waals surface area (Å²) in [5.74, 6) is 1.12. The molecule has 2 heterocycles. The maximum Gasteiger partial charge on any atom is 0.180 e. The Morgan fingerprint density at radius 2 is 1.78 bits per heavy atom. The summed E-state index contributed by atoms with van der Waals surface area (Å²) in [6, 6.07) is 10.7. The Bertz CT molecular complexity index is 815. The fourth-order valence-electron chi connectivity index (χ4n) is 3.01. The molecular formula is C18H17FN4. The topological polar surface area (TPSA) is 50.7 Å². The lowest BCUT2D eigenvalue weighted by atomic mass is 9.77. The third kappa shape index (κ3) is 2.86. The second-order valence-electron chi connectivity index (χ2n) is 5.96. The van der Waals surface area contributed by atoms with Crippen LogP contribution in [0.3, 0.4) is 0 Å². The van der Waals surface area contributed by atoms with Gasteiger partial charge in [0.1, 0.15) is 17.2 Å². The van der Waals surface area contributed by atoms with E-state index in [0.29, 0.717) is 11.6 Å². The summed E-state index contributed by atoms with van der Waals surface area (Å²) in [4.78, 5) is 13.0. The van der Waals surface area contributed by atoms with Gasteiger partial charge in [-0.15, -0.1) is 0 Å². The number of nitrogens with one attached hydrogen (secondary N) is 1. The smallest absolute Gasteiger partial charge is 0.180 e. The molecule has 0 spiro atoms. The molecule has 1 saturated carbocycles. The van der Waals surface area contributed by atoms with Crippen LogP contribution in [0, 0.1) is 11.7 Å². The lowest BCUT2D eigenvalue weighted by Crippen LogP contribution is -2.26. The summed E-state index contributed by atoms with van der Waals surface area (Å²) in [5, 5.41) is 3.51. The van der Waals surface area contributed by atoms with Crippen LogP contribution in [0.5, 0.6) is 0 Å². The molecule has 2 aromatic heterocycles. The molecule has 0 bridgehead atoms. The van der Waals surface area contributed by atoms with Gasteiger partial charge >= 0.3 is 0 Å². The molecule has 1 fully saturated rings. The van der Waals surface area contributed by atoms with Crippen molar-refractivity contribution >= 4 is 17.0 Å². The highest BCUT2D eigenvalue weighted by Crippen LogP contribution is 2.39. The molecule has 116 valence electrons. The van der Waals surface area contributed by atoms with Crippen molar-refractivity contribution in [3.8, 4) is 0 Å². The second kappa shape index (κ2) is 5.91. The van der Waals surface area contributed by atoms with Crippen LogP contribution in [0.2, 0.25) is 0 Å². The van der Waals surface area contributed by atoms with Crippen molar-refractivity contribution < 1.29 is 4.39 Å². The van der Waals surface area contributed by atoms with Crippen molar-refractivity contribution in [2.45, 2.75) is 25.3 Å². The van der Waals surface area contributed by atoms with Crippen molar-refractivity contribution in [3.05, 3.63) is 60.2 Å². The molecule has 0 amide bonds. The standard InChI is InChI=1S/C18H17FN4/c19-14-6-4-13(5-7-14)17(12-2-1-3-12)22-16-9-8-15-18(23-16)21-11-10-20-15/h4-12,17H,1-3H2,(H,21,22,23). The van der Waals surface area contributed by atoms with Crippen molar-refractivity contribution in [2.75, 3.05) is 5.32 Å². The normalized spacial score (nSPS) is 16.0. The summed E-state index contributed by atoms with van der Waals surface area (Å²) in [7, 11) is 0. The van der Waals surface area contributed by atoms with Crippen LogP contribution in [0.1, 0.15) is 30.9 Å². The first kappa shape index (κ1) is 14.1. The number of aromatic nitrogens is 3. The molecule has 1 aliphatic carbocycles. The average molecular weight is 308 g/mol. The van der Waals surface area contributed by atoms with Crippen LogP contribution in [0.4, 0.5) is 10.2 Å². The Morgan fingerprint density at radius 3 is 2.52 bits per heavy atom. The molecule has 3 aromatic rings. The quantitative estimate of drug-likeness (QED) is 0.788. The van der Waals surface area contributed by atoms with E-state index in [9.17, 15) is 4.39 Å². The van der Waals surface area contributed by atoms with Gasteiger partial charge < -0.3 is 5.32 Å². The van der Waals surface area contributed by atoms with Gasteiger partial charge in [0.05, 0.1) is 6.04 Å². The fourth-order valence-corrected chi connectivity index (χ4v) is 3.01. The van der Waals surface area contributed by atoms with Crippen LogP contribution in [0.15, 0.2) is 48.8 Å². The predicted molar refractivity (Wildman–Crippen MR) is 87.4 cm³/mol. The third-order valence-electron chi connectivity index (χ3n) is 4.49. The van der Waals surface area contributed by atoms with Crippen LogP contribution >= 0.6 is 0 Å². The van der Waals surface area contributed by atoms with Gasteiger partial charge in [-0.25, -0.2) is 14.4 Å². The monoisotopic (exact) mass is 308 g/mol. The molecule has 1 aliphatic rings. The van der Waals surface area contributed by atoms with E-state index in [1.54, 1.807) is 12.4 Å². The molecule has 0 saturated heterocycles. The molecule has 0 radical (unpaired) electrons. The van der Waals surface area contributed by atoms with Crippen LogP contribution in [-0.4, -0.2) is 15.0 Å². The van der Waals surface area contributed by atoms with E-state index in [1.165, 1.54) is 31.4 Å². The van der Waals surface area contributed by atoms with Crippen LogP contribution in [-0.2, 0) is 0 Å². The number of nitrogens with zero attached hydrogens (tertiary/aromatic N) is 3. The lowest BCUT2D eigenvalue weighted by Gasteiger charge is -2.35. The molecule has 1 aromatic carbocycles. The van der Waals surface area contributed by atoms with Crippen LogP contribution in [0.25, 0.3) is 11.2 Å². The molecule has 4 rings (SSSR count). The number of benzene rings is 1. The largest absolute Gasteiger partial charge is 0.363 e. The summed E-state index contributed by atoms with van der Waals surface area (Å²) >= 11 is 0. The number of pyridine rings is 1. The van der Waals surface area contributed by atoms with Gasteiger partial charge in [-0.3, -0.25) is 4.98 Å². The Morgan fingerprint density at radius 1 is 1.00 bits per heavy atom. The number of hydrogen-bond donors (Lipinski definition) is 1. The van der Waals surface area contributed by atoms with Gasteiger partial charge in [0.15, 0.2) is 5.65 Å². The SMILES string of the molecule is Fc1ccc(C(Nc2ccc3nccnc3n2)C2CCC2)cc1. The number of anilines is 1. The lowest BCUT2D eigenvalue weighted by molar-refractivity contribution is 0.276. The maximum atomic E-state index is 13.2. The maximum absolute atomic E-state index is 13.2. The summed E-state index contributed by atoms with van der Waals surface area (Å²) in [5.41, 5.74) is 2.50. The van der Waals surface area contributed by atoms with E-state index in [1.807, 2.05) is 24.3 Å². The summed E-state index contributed by atoms with van der Waals surface area (Å²) in [6.07, 6.45) is 6.92. The zero-order valence-corrected chi connectivity index (χ0v) is 12.6. The van der Waals surface area contributed by atoms with Crippen molar-refractivity contribution in [1.82, 2.24) is 15.0 Å². The van der Waals surface area contributed by atoms with E-state index in [2.05, 4.69) is 20.3 Å². The summed E-state index contributed by atoms with van der Waals surface area (Å²) < 4.78 is 13.2. The fraction of sp³-hybridized carbons (Fsp3) is 0.278. The Balaban J connectivity index is 1.64. The zero-order valence-electron chi connectivity index (χ0n) is 12.6. The number of fused-ring (bicyclic) bond motifs is 1. The van der Waals surface area contributed by atoms with E-state index in [-0.39, 0.29) is 11.9 Å². The van der Waals surface area contributed by atoms with E-state index in [4.69, 9.17) is 0 Å². The minimum absolute atomic E-state index is 0.144. The molecule has 1 unspecified atom stereocenters. The number of rotatable bonds is 4. The molecule has 23 heavy (non-hydrogen) atoms. The molecule has 4 nitrogen and oxygen atoms in total. The van der Waals surface area contributed by atoms with E-state index in [0.717, 1.165) is 16.9 Å². The van der Waals surface area contributed by atoms with Crippen LogP contribution < -0.4 is 5.32 Å². The second-order valence-corrected chi connectivity index (χ2v) is 5.96. The number of hydrogen-bond acceptors (Lipinski definition) is 4. The summed E-state index contributed by atoms with van der Waals surface area (Å²) in [6.45, 7) is 0. The molecular weight excluding hydrogens is 291 g/mol. The van der Waals surface area contributed by atoms with Crippen molar-refractivity contribution in [1.29, 1.82) is 0 Å². The van der Waals surface area contributed by atoms with Crippen molar-refractivity contribution in [2.24, 2.45) is 5.92 Å². The van der Waals surface area contributed by atoms with Gasteiger partial charge in [-0.05, 0) is 48.6 Å². The first-order valence-electron chi connectivity index (χ1n) is 7.89. The highest BCUT2D eigenvalue weighted by Gasteiger charge is 2.28. The average Bonchev–Trinajstić information content (AvgIpc) is 2.53. The van der Waals surface area contributed by atoms with E-state index >= 15 is 0 Å². The molecule has 0 aliphatic heterocycles. The minimum Gasteiger partial charge on any atom is -0.363 e. The van der Waals surface area contributed by atoms with Gasteiger partial charge in [-0.2, -0.15) is 0 Å². The third-order valence-corrected chi connectivity index (χ3v) is 4.49. The highest BCUT2D eigenvalue weighted by molar-refractivity contribution is 5.71. The van der Waals surface area contributed by atoms with Gasteiger partial charge in [0, 0.05) is 12.4 Å². The minimum atomic E-state index is -0.208. The highest BCUT2D eigenvalue weighted by atomic mass is 19.1. The first-order valence-corrected chi connectivity index (χ1v) is 7.89. The Hall–Kier alpha value is -2.56. The van der Waals surface area contributed by atoms with Gasteiger partial charge in [0.25, 0.3) is 0 Å². The predicted octanol–water partition coefficient (Wildman–Crippen LogP) is 4.12.